The number of aromatic nitrogens is 2. The molecule has 1 aliphatic heterocycles. The zero-order chi connectivity index (χ0) is 18.8. The highest BCUT2D eigenvalue weighted by molar-refractivity contribution is 7.15. The van der Waals surface area contributed by atoms with Crippen LogP contribution in [0.2, 0.25) is 0 Å². The Balaban J connectivity index is 1.47. The number of benzene rings is 1. The van der Waals surface area contributed by atoms with E-state index in [0.29, 0.717) is 10.8 Å². The Morgan fingerprint density at radius 3 is 2.78 bits per heavy atom. The quantitative estimate of drug-likeness (QED) is 0.495. The molecule has 0 aliphatic carbocycles. The van der Waals surface area contributed by atoms with Crippen molar-refractivity contribution < 1.29 is 9.66 Å². The summed E-state index contributed by atoms with van der Waals surface area (Å²) in [6.07, 6.45) is 2.65. The number of rotatable bonds is 5. The molecule has 142 valence electrons. The fourth-order valence-corrected chi connectivity index (χ4v) is 4.18. The van der Waals surface area contributed by atoms with Gasteiger partial charge in [-0.3, -0.25) is 4.90 Å². The van der Waals surface area contributed by atoms with Gasteiger partial charge in [-0.1, -0.05) is 23.5 Å². The molecule has 1 fully saturated rings. The van der Waals surface area contributed by atoms with Crippen LogP contribution in [-0.4, -0.2) is 52.5 Å². The van der Waals surface area contributed by atoms with Gasteiger partial charge in [-0.2, -0.15) is 9.38 Å². The number of thiazole rings is 1. The summed E-state index contributed by atoms with van der Waals surface area (Å²) < 4.78 is 6.78. The maximum absolute atomic E-state index is 11.6. The molecule has 3 aromatic rings. The van der Waals surface area contributed by atoms with Crippen LogP contribution < -0.4 is 9.64 Å². The first-order chi connectivity index (χ1) is 13.2. The maximum atomic E-state index is 11.6. The highest BCUT2D eigenvalue weighted by Crippen LogP contribution is 2.31. The lowest BCUT2D eigenvalue weighted by atomic mass is 10.2. The first-order valence-corrected chi connectivity index (χ1v) is 9.74. The van der Waals surface area contributed by atoms with Crippen LogP contribution in [0.15, 0.2) is 35.8 Å². The van der Waals surface area contributed by atoms with E-state index in [1.54, 1.807) is 17.7 Å². The molecule has 0 atom stereocenters. The number of ether oxygens (including phenoxy) is 1. The molecule has 1 aromatic carbocycles. The number of nitrogens with zero attached hydrogens (tertiary/aromatic N) is 5. The van der Waals surface area contributed by atoms with Crippen molar-refractivity contribution in [3.05, 3.63) is 51.5 Å². The average Bonchev–Trinajstić information content (AvgIpc) is 3.17. The molecule has 0 saturated carbocycles. The maximum Gasteiger partial charge on any atom is 0.373 e. The number of hydrogen-bond acceptors (Lipinski definition) is 7. The summed E-state index contributed by atoms with van der Waals surface area (Å²) in [6.45, 7) is 4.15. The van der Waals surface area contributed by atoms with Crippen LogP contribution in [0.5, 0.6) is 5.75 Å². The van der Waals surface area contributed by atoms with Crippen LogP contribution in [0.1, 0.15) is 12.0 Å². The molecule has 0 radical (unpaired) electrons. The van der Waals surface area contributed by atoms with Gasteiger partial charge in [-0.15, -0.1) is 0 Å². The molecule has 0 spiro atoms. The van der Waals surface area contributed by atoms with Crippen LogP contribution in [0.25, 0.3) is 4.96 Å². The second-order valence-corrected chi connectivity index (χ2v) is 7.41. The van der Waals surface area contributed by atoms with Crippen LogP contribution in [0.3, 0.4) is 0 Å². The highest BCUT2D eigenvalue weighted by atomic mass is 32.1. The van der Waals surface area contributed by atoms with Gasteiger partial charge in [0, 0.05) is 38.1 Å². The molecular formula is C18H21N5O3S. The Morgan fingerprint density at radius 2 is 2.04 bits per heavy atom. The molecular weight excluding hydrogens is 366 g/mol. The topological polar surface area (TPSA) is 76.2 Å². The van der Waals surface area contributed by atoms with Crippen molar-refractivity contribution in [2.45, 2.75) is 13.0 Å². The van der Waals surface area contributed by atoms with E-state index in [0.717, 1.165) is 44.9 Å². The zero-order valence-corrected chi connectivity index (χ0v) is 15.9. The minimum Gasteiger partial charge on any atom is -0.497 e. The van der Waals surface area contributed by atoms with Gasteiger partial charge in [-0.25, -0.2) is 0 Å². The summed E-state index contributed by atoms with van der Waals surface area (Å²) in [4.78, 5) is 20.9. The standard InChI is InChI=1S/C18H21N5O3S/c1-26-15-5-3-14(4-6-15)13-20-7-2-8-21(10-9-20)16-17(23(24)25)22-11-12-27-18(22)19-16/h3-6,11-12H,2,7-10,13H2,1H3. The Hall–Kier alpha value is -2.65. The summed E-state index contributed by atoms with van der Waals surface area (Å²) >= 11 is 1.41. The average molecular weight is 387 g/mol. The second-order valence-electron chi connectivity index (χ2n) is 6.54. The molecule has 0 amide bonds. The van der Waals surface area contributed by atoms with Crippen molar-refractivity contribution in [3.8, 4) is 5.75 Å². The fraction of sp³-hybridized carbons (Fsp3) is 0.389. The number of imidazole rings is 1. The third kappa shape index (κ3) is 3.60. The van der Waals surface area contributed by atoms with E-state index in [4.69, 9.17) is 4.74 Å². The number of anilines is 1. The van der Waals surface area contributed by atoms with E-state index < -0.39 is 0 Å². The zero-order valence-electron chi connectivity index (χ0n) is 15.1. The Kier molecular flexibility index (Phi) is 4.95. The number of hydrogen-bond donors (Lipinski definition) is 0. The largest absolute Gasteiger partial charge is 0.497 e. The summed E-state index contributed by atoms with van der Waals surface area (Å²) in [5.74, 6) is 1.40. The Labute approximate surface area is 160 Å². The lowest BCUT2D eigenvalue weighted by Gasteiger charge is -2.21. The number of nitro groups is 1. The number of methoxy groups -OCH3 is 1. The van der Waals surface area contributed by atoms with E-state index in [1.807, 2.05) is 22.4 Å². The van der Waals surface area contributed by atoms with Gasteiger partial charge in [-0.05, 0) is 29.0 Å². The van der Waals surface area contributed by atoms with Crippen molar-refractivity contribution in [1.29, 1.82) is 0 Å². The van der Waals surface area contributed by atoms with Gasteiger partial charge in [0.1, 0.15) is 11.9 Å². The van der Waals surface area contributed by atoms with Gasteiger partial charge < -0.3 is 19.8 Å². The molecule has 1 saturated heterocycles. The minimum absolute atomic E-state index is 0.0647. The van der Waals surface area contributed by atoms with Crippen molar-refractivity contribution in [3.63, 3.8) is 0 Å². The predicted molar refractivity (Wildman–Crippen MR) is 105 cm³/mol. The van der Waals surface area contributed by atoms with Gasteiger partial charge in [0.25, 0.3) is 4.96 Å². The molecule has 0 N–H and O–H groups in total. The van der Waals surface area contributed by atoms with Gasteiger partial charge >= 0.3 is 5.82 Å². The normalized spacial score (nSPS) is 15.8. The molecule has 0 unspecified atom stereocenters. The highest BCUT2D eigenvalue weighted by Gasteiger charge is 2.29. The predicted octanol–water partition coefficient (Wildman–Crippen LogP) is 3.02. The lowest BCUT2D eigenvalue weighted by molar-refractivity contribution is -0.389. The van der Waals surface area contributed by atoms with Crippen LogP contribution in [0, 0.1) is 10.1 Å². The summed E-state index contributed by atoms with van der Waals surface area (Å²) in [6, 6.07) is 8.10. The van der Waals surface area contributed by atoms with Gasteiger partial charge in [0.15, 0.2) is 0 Å². The summed E-state index contributed by atoms with van der Waals surface area (Å²) in [5, 5.41) is 13.4. The monoisotopic (exact) mass is 387 g/mol. The van der Waals surface area contributed by atoms with Gasteiger partial charge in [0.2, 0.25) is 5.82 Å². The van der Waals surface area contributed by atoms with E-state index in [-0.39, 0.29) is 10.7 Å². The van der Waals surface area contributed by atoms with Crippen molar-refractivity contribution in [1.82, 2.24) is 14.3 Å². The van der Waals surface area contributed by atoms with Crippen molar-refractivity contribution in [2.75, 3.05) is 38.2 Å². The minimum atomic E-state index is -0.331. The third-order valence-corrected chi connectivity index (χ3v) is 5.60. The van der Waals surface area contributed by atoms with Crippen LogP contribution in [-0.2, 0) is 6.54 Å². The first kappa shape index (κ1) is 17.7. The smallest absolute Gasteiger partial charge is 0.373 e. The Morgan fingerprint density at radius 1 is 1.22 bits per heavy atom. The van der Waals surface area contributed by atoms with E-state index >= 15 is 0 Å². The molecule has 3 heterocycles. The molecule has 8 nitrogen and oxygen atoms in total. The molecule has 27 heavy (non-hydrogen) atoms. The van der Waals surface area contributed by atoms with Gasteiger partial charge in [0.05, 0.1) is 7.11 Å². The van der Waals surface area contributed by atoms with E-state index in [2.05, 4.69) is 22.0 Å². The summed E-state index contributed by atoms with van der Waals surface area (Å²) in [5.41, 5.74) is 1.23. The summed E-state index contributed by atoms with van der Waals surface area (Å²) in [7, 11) is 1.66. The van der Waals surface area contributed by atoms with Crippen LogP contribution >= 0.6 is 11.3 Å². The second kappa shape index (κ2) is 7.53. The van der Waals surface area contributed by atoms with Crippen LogP contribution in [0.4, 0.5) is 11.6 Å². The van der Waals surface area contributed by atoms with E-state index in [9.17, 15) is 10.1 Å². The molecule has 1 aliphatic rings. The Bertz CT molecular complexity index is 936. The molecule has 4 rings (SSSR count). The number of fused-ring (bicyclic) bond motifs is 1. The molecule has 0 bridgehead atoms. The third-order valence-electron chi connectivity index (χ3n) is 4.85. The van der Waals surface area contributed by atoms with E-state index in [1.165, 1.54) is 16.9 Å². The van der Waals surface area contributed by atoms with Crippen molar-refractivity contribution in [2.24, 2.45) is 0 Å². The molecule has 9 heteroatoms. The lowest BCUT2D eigenvalue weighted by Crippen LogP contribution is -2.31. The fourth-order valence-electron chi connectivity index (χ4n) is 3.47. The van der Waals surface area contributed by atoms with Crippen molar-refractivity contribution >= 4 is 27.9 Å². The SMILES string of the molecule is COc1ccc(CN2CCCN(c3nc4sccn4c3[N+](=O)[O-])CC2)cc1. The molecule has 2 aromatic heterocycles. The first-order valence-electron chi connectivity index (χ1n) is 8.86.